The molecule has 2 aromatic rings. The molecule has 1 aliphatic rings. The molecule has 0 atom stereocenters. The molecule has 144 valence electrons. The Morgan fingerprint density at radius 3 is 2.78 bits per heavy atom. The number of rotatable bonds is 7. The third-order valence-electron chi connectivity index (χ3n) is 3.84. The Balaban J connectivity index is 1.59. The highest BCUT2D eigenvalue weighted by molar-refractivity contribution is 5.79. The van der Waals surface area contributed by atoms with Crippen LogP contribution in [0.15, 0.2) is 41.5 Å². The predicted molar refractivity (Wildman–Crippen MR) is 95.3 cm³/mol. The quantitative estimate of drug-likeness (QED) is 0.569. The van der Waals surface area contributed by atoms with E-state index >= 15 is 0 Å². The van der Waals surface area contributed by atoms with Gasteiger partial charge >= 0.3 is 6.61 Å². The molecule has 1 aromatic heterocycles. The molecule has 0 radical (unpaired) electrons. The molecule has 7 nitrogen and oxygen atoms in total. The summed E-state index contributed by atoms with van der Waals surface area (Å²) < 4.78 is 40.5. The lowest BCUT2D eigenvalue weighted by molar-refractivity contribution is -0.0505. The first-order valence-corrected chi connectivity index (χ1v) is 8.37. The van der Waals surface area contributed by atoms with Crippen molar-refractivity contribution in [3.63, 3.8) is 0 Å². The maximum absolute atomic E-state index is 12.7. The average molecular weight is 378 g/mol. The van der Waals surface area contributed by atoms with Gasteiger partial charge < -0.3 is 24.8 Å². The van der Waals surface area contributed by atoms with Crippen LogP contribution in [-0.4, -0.2) is 37.9 Å². The molecule has 0 saturated carbocycles. The molecule has 1 aromatic carbocycles. The second-order valence-corrected chi connectivity index (χ2v) is 5.62. The van der Waals surface area contributed by atoms with Crippen LogP contribution < -0.4 is 24.8 Å². The monoisotopic (exact) mass is 378 g/mol. The third kappa shape index (κ3) is 5.19. The number of hydrogen-bond acceptors (Lipinski definition) is 5. The Morgan fingerprint density at radius 2 is 2.07 bits per heavy atom. The minimum Gasteiger partial charge on any atom is -0.454 e. The van der Waals surface area contributed by atoms with Gasteiger partial charge in [0, 0.05) is 50.1 Å². The van der Waals surface area contributed by atoms with Gasteiger partial charge in [-0.2, -0.15) is 8.78 Å². The number of alkyl halides is 2. The first-order chi connectivity index (χ1) is 13.2. The lowest BCUT2D eigenvalue weighted by Crippen LogP contribution is -2.38. The van der Waals surface area contributed by atoms with Crippen LogP contribution in [0.5, 0.6) is 17.2 Å². The van der Waals surface area contributed by atoms with Crippen LogP contribution in [0, 0.1) is 0 Å². The summed E-state index contributed by atoms with van der Waals surface area (Å²) in [6.07, 6.45) is 2.47. The van der Waals surface area contributed by atoms with Crippen molar-refractivity contribution in [2.24, 2.45) is 4.99 Å². The molecule has 0 aliphatic carbocycles. The zero-order valence-electron chi connectivity index (χ0n) is 14.7. The molecule has 2 heterocycles. The maximum atomic E-state index is 12.7. The largest absolute Gasteiger partial charge is 0.454 e. The van der Waals surface area contributed by atoms with Crippen molar-refractivity contribution >= 4 is 5.96 Å². The lowest BCUT2D eigenvalue weighted by atomic mass is 10.1. The Labute approximate surface area is 155 Å². The van der Waals surface area contributed by atoms with Crippen molar-refractivity contribution in [3.05, 3.63) is 47.8 Å². The van der Waals surface area contributed by atoms with E-state index in [-0.39, 0.29) is 19.1 Å². The summed E-state index contributed by atoms with van der Waals surface area (Å²) in [5.74, 6) is 1.44. The minimum absolute atomic E-state index is 0.0330. The Kier molecular flexibility index (Phi) is 6.24. The SMILES string of the molecule is CN=C(NCCc1ccccn1)NCc1cc2c(cc1OC(F)F)OCO2. The fourth-order valence-corrected chi connectivity index (χ4v) is 2.56. The standard InChI is InChI=1S/C18H20F2N4O3/c1-21-18(23-7-5-13-4-2-3-6-22-13)24-10-12-8-15-16(26-11-25-15)9-14(12)27-17(19)20/h2-4,6,8-9,17H,5,7,10-11H2,1H3,(H2,21,23,24). The second-order valence-electron chi connectivity index (χ2n) is 5.62. The van der Waals surface area contributed by atoms with Gasteiger partial charge in [0.05, 0.1) is 0 Å². The van der Waals surface area contributed by atoms with Crippen molar-refractivity contribution in [1.29, 1.82) is 0 Å². The summed E-state index contributed by atoms with van der Waals surface area (Å²) in [6, 6.07) is 8.76. The molecule has 27 heavy (non-hydrogen) atoms. The molecule has 3 rings (SSSR count). The van der Waals surface area contributed by atoms with E-state index in [1.54, 1.807) is 19.3 Å². The van der Waals surface area contributed by atoms with Crippen LogP contribution in [-0.2, 0) is 13.0 Å². The molecule has 0 amide bonds. The number of nitrogens with zero attached hydrogens (tertiary/aromatic N) is 2. The number of ether oxygens (including phenoxy) is 3. The number of benzene rings is 1. The smallest absolute Gasteiger partial charge is 0.387 e. The molecule has 0 unspecified atom stereocenters. The molecule has 9 heteroatoms. The molecule has 0 bridgehead atoms. The number of pyridine rings is 1. The van der Waals surface area contributed by atoms with E-state index in [4.69, 9.17) is 9.47 Å². The highest BCUT2D eigenvalue weighted by atomic mass is 19.3. The number of guanidine groups is 1. The molecule has 0 fully saturated rings. The summed E-state index contributed by atoms with van der Waals surface area (Å²) >= 11 is 0. The summed E-state index contributed by atoms with van der Waals surface area (Å²) in [7, 11) is 1.63. The van der Waals surface area contributed by atoms with Gasteiger partial charge in [-0.15, -0.1) is 0 Å². The van der Waals surface area contributed by atoms with E-state index in [1.807, 2.05) is 18.2 Å². The van der Waals surface area contributed by atoms with E-state index < -0.39 is 6.61 Å². The van der Waals surface area contributed by atoms with Crippen LogP contribution >= 0.6 is 0 Å². The topological polar surface area (TPSA) is 77.0 Å². The minimum atomic E-state index is -2.93. The van der Waals surface area contributed by atoms with Crippen molar-refractivity contribution in [2.45, 2.75) is 19.6 Å². The normalized spacial score (nSPS) is 13.0. The van der Waals surface area contributed by atoms with Gasteiger partial charge in [0.2, 0.25) is 6.79 Å². The van der Waals surface area contributed by atoms with Crippen LogP contribution in [0.25, 0.3) is 0 Å². The lowest BCUT2D eigenvalue weighted by Gasteiger charge is -2.15. The van der Waals surface area contributed by atoms with E-state index in [0.717, 1.165) is 12.1 Å². The highest BCUT2D eigenvalue weighted by Gasteiger charge is 2.20. The number of fused-ring (bicyclic) bond motifs is 1. The number of nitrogens with one attached hydrogen (secondary N) is 2. The molecule has 0 spiro atoms. The maximum Gasteiger partial charge on any atom is 0.387 e. The first kappa shape index (κ1) is 18.7. The van der Waals surface area contributed by atoms with Gasteiger partial charge in [0.15, 0.2) is 17.5 Å². The Morgan fingerprint density at radius 1 is 1.26 bits per heavy atom. The molecule has 0 saturated heterocycles. The summed E-state index contributed by atoms with van der Waals surface area (Å²) in [5.41, 5.74) is 1.47. The van der Waals surface area contributed by atoms with Crippen molar-refractivity contribution in [2.75, 3.05) is 20.4 Å². The summed E-state index contributed by atoms with van der Waals surface area (Å²) in [4.78, 5) is 8.38. The van der Waals surface area contributed by atoms with Gasteiger partial charge in [-0.1, -0.05) is 6.07 Å². The van der Waals surface area contributed by atoms with Crippen molar-refractivity contribution < 1.29 is 23.0 Å². The van der Waals surface area contributed by atoms with Crippen LogP contribution in [0.2, 0.25) is 0 Å². The van der Waals surface area contributed by atoms with Crippen LogP contribution in [0.4, 0.5) is 8.78 Å². The van der Waals surface area contributed by atoms with E-state index in [0.29, 0.717) is 29.6 Å². The van der Waals surface area contributed by atoms with Gasteiger partial charge in [-0.3, -0.25) is 9.98 Å². The Bertz CT molecular complexity index is 788. The van der Waals surface area contributed by atoms with Crippen LogP contribution in [0.3, 0.4) is 0 Å². The van der Waals surface area contributed by atoms with Gasteiger partial charge in [-0.05, 0) is 18.2 Å². The molecule has 1 aliphatic heterocycles. The van der Waals surface area contributed by atoms with Gasteiger partial charge in [0.25, 0.3) is 0 Å². The van der Waals surface area contributed by atoms with Crippen molar-refractivity contribution in [1.82, 2.24) is 15.6 Å². The number of hydrogen-bond donors (Lipinski definition) is 2. The van der Waals surface area contributed by atoms with Gasteiger partial charge in [0.1, 0.15) is 5.75 Å². The molecular formula is C18H20F2N4O3. The van der Waals surface area contributed by atoms with Crippen LogP contribution in [0.1, 0.15) is 11.3 Å². The van der Waals surface area contributed by atoms with E-state index in [1.165, 1.54) is 6.07 Å². The number of halogens is 2. The van der Waals surface area contributed by atoms with E-state index in [2.05, 4.69) is 25.3 Å². The molecular weight excluding hydrogens is 358 g/mol. The van der Waals surface area contributed by atoms with Crippen molar-refractivity contribution in [3.8, 4) is 17.2 Å². The van der Waals surface area contributed by atoms with E-state index in [9.17, 15) is 8.78 Å². The number of aliphatic imine (C=N–C) groups is 1. The average Bonchev–Trinajstić information content (AvgIpc) is 3.12. The predicted octanol–water partition coefficient (Wildman–Crippen LogP) is 2.32. The van der Waals surface area contributed by atoms with Gasteiger partial charge in [-0.25, -0.2) is 0 Å². The number of aromatic nitrogens is 1. The highest BCUT2D eigenvalue weighted by Crippen LogP contribution is 2.38. The second kappa shape index (κ2) is 9.02. The first-order valence-electron chi connectivity index (χ1n) is 8.37. The summed E-state index contributed by atoms with van der Waals surface area (Å²) in [5, 5.41) is 6.23. The third-order valence-corrected chi connectivity index (χ3v) is 3.84. The zero-order chi connectivity index (χ0) is 19.1. The fraction of sp³-hybridized carbons (Fsp3) is 0.333. The summed E-state index contributed by atoms with van der Waals surface area (Å²) in [6.45, 7) is -2.03. The molecule has 2 N–H and O–H groups in total. The fourth-order valence-electron chi connectivity index (χ4n) is 2.56. The Hall–Kier alpha value is -3.10. The zero-order valence-corrected chi connectivity index (χ0v) is 14.7.